The molecule has 2 heteroatoms. The second-order valence-corrected chi connectivity index (χ2v) is 19.1. The molecule has 1 aliphatic rings. The van der Waals surface area contributed by atoms with Crippen LogP contribution in [0.3, 0.4) is 0 Å². The van der Waals surface area contributed by atoms with E-state index in [1.54, 1.807) is 0 Å². The summed E-state index contributed by atoms with van der Waals surface area (Å²) in [6.45, 7) is 0. The van der Waals surface area contributed by atoms with Crippen LogP contribution in [0.25, 0.3) is 88.3 Å². The Morgan fingerprint density at radius 1 is 0.274 bits per heavy atom. The van der Waals surface area contributed by atoms with Crippen molar-refractivity contribution in [3.63, 3.8) is 0 Å². The first-order chi connectivity index (χ1) is 36.2. The first-order valence-electron chi connectivity index (χ1n) is 25.2. The summed E-state index contributed by atoms with van der Waals surface area (Å²) >= 11 is 0. The molecule has 0 radical (unpaired) electrons. The van der Waals surface area contributed by atoms with Crippen molar-refractivity contribution in [2.24, 2.45) is 0 Å². The maximum absolute atomic E-state index is 6.23. The smallest absolute Gasteiger partial charge is 0.135 e. The topological polar surface area (TPSA) is 16.4 Å². The van der Waals surface area contributed by atoms with Crippen molar-refractivity contribution >= 4 is 49.8 Å². The fraction of sp³-hybridized carbons (Fsp3) is 0.0141. The lowest BCUT2D eigenvalue weighted by molar-refractivity contribution is 0.669. The van der Waals surface area contributed by atoms with Crippen LogP contribution < -0.4 is 4.90 Å². The van der Waals surface area contributed by atoms with E-state index >= 15 is 0 Å². The zero-order valence-corrected chi connectivity index (χ0v) is 40.0. The van der Waals surface area contributed by atoms with Crippen LogP contribution in [0, 0.1) is 0 Å². The number of furan rings is 1. The second-order valence-electron chi connectivity index (χ2n) is 19.1. The molecule has 73 heavy (non-hydrogen) atoms. The van der Waals surface area contributed by atoms with Gasteiger partial charge in [-0.1, -0.05) is 243 Å². The van der Waals surface area contributed by atoms with Crippen molar-refractivity contribution in [3.8, 4) is 55.6 Å². The summed E-state index contributed by atoms with van der Waals surface area (Å²) in [5, 5.41) is 4.60. The van der Waals surface area contributed by atoms with Crippen molar-refractivity contribution in [2.45, 2.75) is 5.41 Å². The molecule has 12 aromatic carbocycles. The lowest BCUT2D eigenvalue weighted by Gasteiger charge is -2.34. The number of hydrogen-bond acceptors (Lipinski definition) is 2. The minimum Gasteiger partial charge on any atom is -0.456 e. The zero-order chi connectivity index (χ0) is 48.3. The van der Waals surface area contributed by atoms with E-state index in [-0.39, 0.29) is 0 Å². The molecule has 0 bridgehead atoms. The van der Waals surface area contributed by atoms with Gasteiger partial charge in [0.05, 0.1) is 16.8 Å². The van der Waals surface area contributed by atoms with Gasteiger partial charge >= 0.3 is 0 Å². The van der Waals surface area contributed by atoms with E-state index < -0.39 is 5.41 Å². The Bertz CT molecular complexity index is 4130. The highest BCUT2D eigenvalue weighted by Gasteiger charge is 2.47. The largest absolute Gasteiger partial charge is 0.456 e. The molecule has 13 aromatic rings. The summed E-state index contributed by atoms with van der Waals surface area (Å²) in [4.78, 5) is 2.48. The van der Waals surface area contributed by atoms with Crippen LogP contribution >= 0.6 is 0 Å². The molecule has 0 aliphatic heterocycles. The third-order valence-electron chi connectivity index (χ3n) is 15.2. The van der Waals surface area contributed by atoms with Gasteiger partial charge < -0.3 is 9.32 Å². The van der Waals surface area contributed by atoms with Crippen molar-refractivity contribution in [1.29, 1.82) is 0 Å². The fourth-order valence-electron chi connectivity index (χ4n) is 11.9. The molecule has 0 saturated carbocycles. The van der Waals surface area contributed by atoms with Crippen LogP contribution in [-0.2, 0) is 5.41 Å². The van der Waals surface area contributed by atoms with E-state index in [0.717, 1.165) is 55.7 Å². The molecule has 1 aliphatic carbocycles. The minimum absolute atomic E-state index is 0.522. The average molecular weight is 930 g/mol. The number of benzene rings is 12. The molecule has 0 fully saturated rings. The van der Waals surface area contributed by atoms with E-state index in [4.69, 9.17) is 4.42 Å². The molecular weight excluding hydrogens is 883 g/mol. The van der Waals surface area contributed by atoms with Crippen LogP contribution in [0.15, 0.2) is 290 Å². The number of nitrogens with zero attached hydrogens (tertiary/aromatic N) is 1. The van der Waals surface area contributed by atoms with Crippen LogP contribution in [0.2, 0.25) is 0 Å². The quantitative estimate of drug-likeness (QED) is 0.143. The van der Waals surface area contributed by atoms with E-state index in [2.05, 4.69) is 278 Å². The third-order valence-corrected chi connectivity index (χ3v) is 15.2. The second kappa shape index (κ2) is 17.4. The molecule has 0 spiro atoms. The van der Waals surface area contributed by atoms with Crippen LogP contribution in [-0.4, -0.2) is 0 Å². The maximum atomic E-state index is 6.23. The average Bonchev–Trinajstić information content (AvgIpc) is 4.06. The molecule has 342 valence electrons. The Morgan fingerprint density at radius 3 is 1.55 bits per heavy atom. The SMILES string of the molecule is c1ccc(-c2ccc(-c3ccc(N(c4ccc(-c5ccc6oc7ccccc7c6c5)cc4)c4ccccc4-c4cccc5c4-c4ccccc4C5(c4ccccc4)c4ccccc4)c4ccccc34)cc2)cc1. The number of rotatable bonds is 9. The van der Waals surface area contributed by atoms with E-state index in [1.165, 1.54) is 72.0 Å². The van der Waals surface area contributed by atoms with Crippen molar-refractivity contribution in [2.75, 3.05) is 4.90 Å². The monoisotopic (exact) mass is 929 g/mol. The fourth-order valence-corrected chi connectivity index (χ4v) is 11.9. The van der Waals surface area contributed by atoms with Gasteiger partial charge in [-0.2, -0.15) is 0 Å². The Morgan fingerprint density at radius 2 is 0.795 bits per heavy atom. The van der Waals surface area contributed by atoms with Gasteiger partial charge in [0, 0.05) is 27.4 Å². The molecule has 0 saturated heterocycles. The Kier molecular flexibility index (Phi) is 10.1. The van der Waals surface area contributed by atoms with E-state index in [1.807, 2.05) is 12.1 Å². The summed E-state index contributed by atoms with van der Waals surface area (Å²) in [5.41, 5.74) is 21.5. The first-order valence-corrected chi connectivity index (χ1v) is 25.2. The molecule has 0 atom stereocenters. The Balaban J connectivity index is 0.973. The molecule has 2 nitrogen and oxygen atoms in total. The van der Waals surface area contributed by atoms with Gasteiger partial charge in [-0.15, -0.1) is 0 Å². The summed E-state index contributed by atoms with van der Waals surface area (Å²) in [6, 6.07) is 104. The standard InChI is InChI=1S/C71H47NO/c1-4-19-48(20-5-1)49-35-37-51(38-36-49)56-44-45-67(58-26-11-10-25-57(56)58)72(55-42-39-50(40-43-55)52-41-46-69-63(47-52)60-28-14-17-34-68(60)73-69)66-33-16-13-27-59(66)61-30-18-32-65-70(61)62-29-12-15-31-64(62)71(65,53-21-6-2-7-22-53)54-23-8-3-9-24-54/h1-47H. The van der Waals surface area contributed by atoms with Gasteiger partial charge in [0.25, 0.3) is 0 Å². The Hall–Kier alpha value is -9.50. The van der Waals surface area contributed by atoms with E-state index in [9.17, 15) is 0 Å². The molecule has 0 amide bonds. The number of fused-ring (bicyclic) bond motifs is 7. The van der Waals surface area contributed by atoms with Crippen molar-refractivity contribution < 1.29 is 4.42 Å². The number of anilines is 3. The molecule has 0 N–H and O–H groups in total. The van der Waals surface area contributed by atoms with Gasteiger partial charge in [-0.05, 0) is 120 Å². The van der Waals surface area contributed by atoms with Gasteiger partial charge in [0.15, 0.2) is 0 Å². The van der Waals surface area contributed by atoms with Crippen LogP contribution in [0.4, 0.5) is 17.1 Å². The highest BCUT2D eigenvalue weighted by molar-refractivity contribution is 6.09. The van der Waals surface area contributed by atoms with Crippen LogP contribution in [0.1, 0.15) is 22.3 Å². The summed E-state index contributed by atoms with van der Waals surface area (Å²) < 4.78 is 6.23. The molecule has 1 aromatic heterocycles. The molecule has 14 rings (SSSR count). The van der Waals surface area contributed by atoms with Gasteiger partial charge in [-0.3, -0.25) is 0 Å². The summed E-state index contributed by atoms with van der Waals surface area (Å²) in [5.74, 6) is 0. The zero-order valence-electron chi connectivity index (χ0n) is 40.0. The first kappa shape index (κ1) is 42.4. The number of hydrogen-bond donors (Lipinski definition) is 0. The van der Waals surface area contributed by atoms with Gasteiger partial charge in [-0.25, -0.2) is 0 Å². The lowest BCUT2D eigenvalue weighted by Crippen LogP contribution is -2.28. The van der Waals surface area contributed by atoms with Crippen LogP contribution in [0.5, 0.6) is 0 Å². The predicted octanol–water partition coefficient (Wildman–Crippen LogP) is 19.2. The predicted molar refractivity (Wildman–Crippen MR) is 305 cm³/mol. The summed E-state index contributed by atoms with van der Waals surface area (Å²) in [6.07, 6.45) is 0. The highest BCUT2D eigenvalue weighted by Crippen LogP contribution is 2.59. The molecule has 0 unspecified atom stereocenters. The summed E-state index contributed by atoms with van der Waals surface area (Å²) in [7, 11) is 0. The molecular formula is C71H47NO. The van der Waals surface area contributed by atoms with Crippen molar-refractivity contribution in [1.82, 2.24) is 0 Å². The minimum atomic E-state index is -0.522. The van der Waals surface area contributed by atoms with E-state index in [0.29, 0.717) is 0 Å². The van der Waals surface area contributed by atoms with Crippen molar-refractivity contribution in [3.05, 3.63) is 307 Å². The molecule has 1 heterocycles. The van der Waals surface area contributed by atoms with Gasteiger partial charge in [0.1, 0.15) is 11.2 Å². The number of para-hydroxylation sites is 2. The highest BCUT2D eigenvalue weighted by atomic mass is 16.3. The third kappa shape index (κ3) is 6.87. The Labute approximate surface area is 425 Å². The normalized spacial score (nSPS) is 12.5. The lowest BCUT2D eigenvalue weighted by atomic mass is 9.67. The maximum Gasteiger partial charge on any atom is 0.135 e. The van der Waals surface area contributed by atoms with Gasteiger partial charge in [0.2, 0.25) is 0 Å².